The van der Waals surface area contributed by atoms with E-state index in [1.807, 2.05) is 61.9 Å². The van der Waals surface area contributed by atoms with Crippen LogP contribution in [0.1, 0.15) is 18.5 Å². The minimum absolute atomic E-state index is 0.0198. The number of nitrogens with zero attached hydrogens (tertiary/aromatic N) is 3. The van der Waals surface area contributed by atoms with Crippen molar-refractivity contribution in [2.45, 2.75) is 17.9 Å². The van der Waals surface area contributed by atoms with Gasteiger partial charge in [0, 0.05) is 35.6 Å². The average molecular weight is 377 g/mol. The first kappa shape index (κ1) is 17.7. The fourth-order valence-electron chi connectivity index (χ4n) is 3.05. The molecule has 2 heterocycles. The van der Waals surface area contributed by atoms with Crippen molar-refractivity contribution in [1.82, 2.24) is 14.6 Å². The van der Waals surface area contributed by atoms with Crippen LogP contribution in [-0.2, 0) is 11.2 Å². The van der Waals surface area contributed by atoms with Crippen LogP contribution < -0.4 is 5.73 Å². The van der Waals surface area contributed by atoms with Gasteiger partial charge in [0.1, 0.15) is 6.26 Å². The molecule has 0 aliphatic carbocycles. The van der Waals surface area contributed by atoms with Crippen molar-refractivity contribution in [1.29, 1.82) is 0 Å². The van der Waals surface area contributed by atoms with E-state index in [0.29, 0.717) is 0 Å². The molecule has 4 rings (SSSR count). The van der Waals surface area contributed by atoms with Crippen LogP contribution in [0.2, 0.25) is 0 Å². The zero-order valence-electron chi connectivity index (χ0n) is 15.2. The van der Waals surface area contributed by atoms with E-state index in [2.05, 4.69) is 22.2 Å². The van der Waals surface area contributed by atoms with Crippen LogP contribution in [0, 0.1) is 0 Å². The molecule has 2 unspecified atom stereocenters. The van der Waals surface area contributed by atoms with E-state index in [1.165, 1.54) is 0 Å². The van der Waals surface area contributed by atoms with Gasteiger partial charge in [0.15, 0.2) is 21.7 Å². The monoisotopic (exact) mass is 377 g/mol. The molecule has 0 spiro atoms. The number of nitrogens with two attached hydrogens (primary N) is 1. The van der Waals surface area contributed by atoms with Crippen molar-refractivity contribution in [2.24, 2.45) is 5.73 Å². The molecule has 3 N–H and O–H groups in total. The third kappa shape index (κ3) is 3.47. The highest BCUT2D eigenvalue weighted by molar-refractivity contribution is 7.90. The van der Waals surface area contributed by atoms with E-state index in [-0.39, 0.29) is 6.04 Å². The molecule has 0 fully saturated rings. The van der Waals surface area contributed by atoms with Crippen LogP contribution in [0.4, 0.5) is 0 Å². The van der Waals surface area contributed by atoms with E-state index in [9.17, 15) is 4.55 Å². The Bertz CT molecular complexity index is 1090. The summed E-state index contributed by atoms with van der Waals surface area (Å²) in [6.45, 7) is 1.97. The van der Waals surface area contributed by atoms with Gasteiger partial charge in [-0.05, 0) is 29.7 Å². The van der Waals surface area contributed by atoms with Gasteiger partial charge in [-0.2, -0.15) is 9.65 Å². The molecular formula is C21H21N4OS+. The second-order valence-electron chi connectivity index (χ2n) is 6.59. The number of benzene rings is 2. The molecule has 2 atom stereocenters. The van der Waals surface area contributed by atoms with Crippen molar-refractivity contribution in [2.75, 3.05) is 6.26 Å². The molecule has 0 amide bonds. The van der Waals surface area contributed by atoms with Gasteiger partial charge in [-0.3, -0.25) is 0 Å². The Balaban J connectivity index is 1.72. The largest absolute Gasteiger partial charge is 0.324 e. The zero-order valence-corrected chi connectivity index (χ0v) is 16.0. The average Bonchev–Trinajstić information content (AvgIpc) is 3.11. The maximum Gasteiger partial charge on any atom is 0.190 e. The minimum Gasteiger partial charge on any atom is -0.324 e. The Kier molecular flexibility index (Phi) is 4.70. The Hall–Kier alpha value is -2.67. The Morgan fingerprint density at radius 1 is 1.04 bits per heavy atom. The highest BCUT2D eigenvalue weighted by Crippen LogP contribution is 2.27. The molecule has 27 heavy (non-hydrogen) atoms. The molecule has 4 aromatic rings. The lowest BCUT2D eigenvalue weighted by Crippen LogP contribution is -2.04. The Morgan fingerprint density at radius 2 is 1.81 bits per heavy atom. The minimum atomic E-state index is -0.775. The van der Waals surface area contributed by atoms with E-state index in [4.69, 9.17) is 5.73 Å². The smallest absolute Gasteiger partial charge is 0.190 e. The number of aromatic nitrogens is 3. The van der Waals surface area contributed by atoms with Gasteiger partial charge in [0.05, 0.1) is 6.20 Å². The zero-order chi connectivity index (χ0) is 19.0. The standard InChI is InChI=1S/C21H21N4OS/c1-14(22)15-6-8-16(9-7-15)18-11-23-21-20(12-24-25(21)13-18)17-4-3-5-19(10-17)27(2)26/h3-14,26H,22H2,1-2H3/q+1. The third-order valence-corrected chi connectivity index (χ3v) is 5.55. The van der Waals surface area contributed by atoms with Crippen LogP contribution in [0.15, 0.2) is 72.0 Å². The summed E-state index contributed by atoms with van der Waals surface area (Å²) in [6.07, 6.45) is 7.45. The molecule has 0 saturated heterocycles. The molecule has 6 heteroatoms. The SMILES string of the molecule is CC(N)c1ccc(-c2cnc3c(-c4cccc([S+](C)O)c4)cnn3c2)cc1. The molecule has 2 aromatic carbocycles. The predicted molar refractivity (Wildman–Crippen MR) is 111 cm³/mol. The third-order valence-electron chi connectivity index (χ3n) is 4.61. The summed E-state index contributed by atoms with van der Waals surface area (Å²) in [6, 6.07) is 16.1. The van der Waals surface area contributed by atoms with Gasteiger partial charge in [-0.15, -0.1) is 0 Å². The lowest BCUT2D eigenvalue weighted by molar-refractivity contribution is 0.645. The van der Waals surface area contributed by atoms with Gasteiger partial charge in [0.25, 0.3) is 0 Å². The van der Waals surface area contributed by atoms with Gasteiger partial charge >= 0.3 is 0 Å². The van der Waals surface area contributed by atoms with Crippen molar-refractivity contribution in [3.05, 3.63) is 72.7 Å². The predicted octanol–water partition coefficient (Wildman–Crippen LogP) is 4.16. The summed E-state index contributed by atoms with van der Waals surface area (Å²) in [5.41, 5.74) is 11.8. The molecule has 136 valence electrons. The van der Waals surface area contributed by atoms with E-state index in [1.54, 1.807) is 10.8 Å². The van der Waals surface area contributed by atoms with Crippen LogP contribution in [-0.4, -0.2) is 25.4 Å². The molecular weight excluding hydrogens is 356 g/mol. The van der Waals surface area contributed by atoms with Crippen LogP contribution in [0.3, 0.4) is 0 Å². The van der Waals surface area contributed by atoms with E-state index < -0.39 is 11.2 Å². The quantitative estimate of drug-likeness (QED) is 0.524. The van der Waals surface area contributed by atoms with Crippen LogP contribution in [0.25, 0.3) is 27.9 Å². The van der Waals surface area contributed by atoms with Gasteiger partial charge in [-0.1, -0.05) is 36.4 Å². The Labute approximate surface area is 161 Å². The molecule has 0 aliphatic rings. The van der Waals surface area contributed by atoms with Crippen molar-refractivity contribution >= 4 is 16.8 Å². The summed E-state index contributed by atoms with van der Waals surface area (Å²) in [4.78, 5) is 5.54. The van der Waals surface area contributed by atoms with E-state index >= 15 is 0 Å². The second kappa shape index (κ2) is 7.15. The highest BCUT2D eigenvalue weighted by atomic mass is 32.2. The molecule has 2 aromatic heterocycles. The number of rotatable bonds is 4. The van der Waals surface area contributed by atoms with Crippen molar-refractivity contribution < 1.29 is 4.55 Å². The van der Waals surface area contributed by atoms with Gasteiger partial charge in [-0.25, -0.2) is 9.50 Å². The fourth-order valence-corrected chi connectivity index (χ4v) is 3.63. The molecule has 0 saturated carbocycles. The summed E-state index contributed by atoms with van der Waals surface area (Å²) < 4.78 is 11.7. The molecule has 0 aliphatic heterocycles. The number of hydrogen-bond donors (Lipinski definition) is 2. The second-order valence-corrected chi connectivity index (χ2v) is 8.01. The van der Waals surface area contributed by atoms with Crippen molar-refractivity contribution in [3.63, 3.8) is 0 Å². The molecule has 0 radical (unpaired) electrons. The summed E-state index contributed by atoms with van der Waals surface area (Å²) in [5, 5.41) is 4.48. The first-order chi connectivity index (χ1) is 13.0. The first-order valence-corrected chi connectivity index (χ1v) is 10.3. The maximum absolute atomic E-state index is 9.86. The summed E-state index contributed by atoms with van der Waals surface area (Å²) in [7, 11) is 0. The number of hydrogen-bond acceptors (Lipinski definition) is 4. The fraction of sp³-hybridized carbons (Fsp3) is 0.143. The normalized spacial score (nSPS) is 13.6. The summed E-state index contributed by atoms with van der Waals surface area (Å²) >= 11 is -0.775. The summed E-state index contributed by atoms with van der Waals surface area (Å²) in [5.74, 6) is 0. The van der Waals surface area contributed by atoms with Crippen molar-refractivity contribution in [3.8, 4) is 22.3 Å². The molecule has 5 nitrogen and oxygen atoms in total. The maximum atomic E-state index is 9.86. The number of fused-ring (bicyclic) bond motifs is 1. The lowest BCUT2D eigenvalue weighted by atomic mass is 10.0. The van der Waals surface area contributed by atoms with E-state index in [0.717, 1.165) is 38.4 Å². The van der Waals surface area contributed by atoms with Gasteiger partial charge in [0.2, 0.25) is 0 Å². The first-order valence-electron chi connectivity index (χ1n) is 8.67. The Morgan fingerprint density at radius 3 is 2.52 bits per heavy atom. The van der Waals surface area contributed by atoms with Crippen LogP contribution >= 0.6 is 0 Å². The molecule has 0 bridgehead atoms. The lowest BCUT2D eigenvalue weighted by Gasteiger charge is -2.07. The highest BCUT2D eigenvalue weighted by Gasteiger charge is 2.15. The van der Waals surface area contributed by atoms with Crippen LogP contribution in [0.5, 0.6) is 0 Å². The van der Waals surface area contributed by atoms with Gasteiger partial charge < -0.3 is 5.73 Å². The topological polar surface area (TPSA) is 76.4 Å².